The molecule has 0 aliphatic carbocycles. The molecule has 0 bridgehead atoms. The van der Waals surface area contributed by atoms with E-state index in [0.29, 0.717) is 11.8 Å². The van der Waals surface area contributed by atoms with E-state index in [0.717, 1.165) is 24.9 Å². The first-order valence-electron chi connectivity index (χ1n) is 8.59. The summed E-state index contributed by atoms with van der Waals surface area (Å²) in [6.07, 6.45) is 5.07. The molecular formula is C18H32N2O. The minimum absolute atomic E-state index is 0.213. The van der Waals surface area contributed by atoms with Crippen LogP contribution in [0.3, 0.4) is 0 Å². The van der Waals surface area contributed by atoms with Crippen LogP contribution in [0.5, 0.6) is 0 Å². The first-order valence-corrected chi connectivity index (χ1v) is 8.59. The van der Waals surface area contributed by atoms with Crippen LogP contribution >= 0.6 is 0 Å². The average Bonchev–Trinajstić information content (AvgIpc) is 2.43. The molecule has 2 aliphatic rings. The predicted molar refractivity (Wildman–Crippen MR) is 87.8 cm³/mol. The molecule has 0 aromatic rings. The maximum absolute atomic E-state index is 11.6. The third kappa shape index (κ3) is 4.02. The molecule has 2 rings (SSSR count). The highest BCUT2D eigenvalue weighted by Gasteiger charge is 2.29. The van der Waals surface area contributed by atoms with Crippen LogP contribution in [0.2, 0.25) is 0 Å². The highest BCUT2D eigenvalue weighted by Crippen LogP contribution is 2.30. The standard InChI is InChI=1S/C18H32N2O/c1-13(2)17-6-8-19(9-7-17)12-18-14(3)10-20(16(5)21)11-15(18)4/h12-15,17H,6-11H2,1-5H3/t14-,15+. The molecule has 0 saturated carbocycles. The summed E-state index contributed by atoms with van der Waals surface area (Å²) in [7, 11) is 0. The van der Waals surface area contributed by atoms with Gasteiger partial charge < -0.3 is 9.80 Å². The molecule has 2 aliphatic heterocycles. The summed E-state index contributed by atoms with van der Waals surface area (Å²) < 4.78 is 0. The van der Waals surface area contributed by atoms with Crippen molar-refractivity contribution in [3.05, 3.63) is 11.8 Å². The number of carbonyl (C=O) groups excluding carboxylic acids is 1. The fraction of sp³-hybridized carbons (Fsp3) is 0.833. The first-order chi connectivity index (χ1) is 9.88. The topological polar surface area (TPSA) is 23.6 Å². The van der Waals surface area contributed by atoms with Gasteiger partial charge in [0.25, 0.3) is 0 Å². The normalized spacial score (nSPS) is 30.3. The summed E-state index contributed by atoms with van der Waals surface area (Å²) in [5, 5.41) is 0. The van der Waals surface area contributed by atoms with Crippen molar-refractivity contribution in [2.45, 2.75) is 47.5 Å². The lowest BCUT2D eigenvalue weighted by Gasteiger charge is -2.39. The van der Waals surface area contributed by atoms with Crippen LogP contribution in [0.1, 0.15) is 47.5 Å². The van der Waals surface area contributed by atoms with E-state index >= 15 is 0 Å². The molecule has 120 valence electrons. The zero-order valence-corrected chi connectivity index (χ0v) is 14.4. The molecule has 2 atom stereocenters. The maximum Gasteiger partial charge on any atom is 0.219 e. The Hall–Kier alpha value is -0.990. The van der Waals surface area contributed by atoms with E-state index in [-0.39, 0.29) is 5.91 Å². The van der Waals surface area contributed by atoms with Gasteiger partial charge in [-0.1, -0.05) is 27.7 Å². The van der Waals surface area contributed by atoms with E-state index in [1.165, 1.54) is 31.5 Å². The van der Waals surface area contributed by atoms with Gasteiger partial charge in [0.1, 0.15) is 0 Å². The van der Waals surface area contributed by atoms with Crippen LogP contribution in [0.4, 0.5) is 0 Å². The average molecular weight is 292 g/mol. The lowest BCUT2D eigenvalue weighted by atomic mass is 9.84. The molecule has 2 fully saturated rings. The number of hydrogen-bond acceptors (Lipinski definition) is 2. The second-order valence-corrected chi connectivity index (χ2v) is 7.47. The van der Waals surface area contributed by atoms with E-state index < -0.39 is 0 Å². The number of amides is 1. The number of nitrogens with zero attached hydrogens (tertiary/aromatic N) is 2. The van der Waals surface area contributed by atoms with Gasteiger partial charge in [-0.3, -0.25) is 4.79 Å². The van der Waals surface area contributed by atoms with Gasteiger partial charge in [0.2, 0.25) is 5.91 Å². The van der Waals surface area contributed by atoms with Crippen molar-refractivity contribution in [1.29, 1.82) is 0 Å². The molecule has 0 N–H and O–H groups in total. The van der Waals surface area contributed by atoms with E-state index in [1.807, 2.05) is 4.90 Å². The first kappa shape index (κ1) is 16.4. The van der Waals surface area contributed by atoms with Crippen molar-refractivity contribution in [2.24, 2.45) is 23.7 Å². The van der Waals surface area contributed by atoms with Gasteiger partial charge in [-0.05, 0) is 48.3 Å². The number of likely N-dealkylation sites (tertiary alicyclic amines) is 2. The monoisotopic (exact) mass is 292 g/mol. The van der Waals surface area contributed by atoms with Crippen LogP contribution in [0, 0.1) is 23.7 Å². The van der Waals surface area contributed by atoms with Crippen LogP contribution in [0.25, 0.3) is 0 Å². The Bertz CT molecular complexity index is 380. The minimum atomic E-state index is 0.213. The van der Waals surface area contributed by atoms with Gasteiger partial charge in [0.15, 0.2) is 0 Å². The fourth-order valence-electron chi connectivity index (χ4n) is 3.87. The molecule has 3 nitrogen and oxygen atoms in total. The van der Waals surface area contributed by atoms with Crippen LogP contribution in [0.15, 0.2) is 11.8 Å². The summed E-state index contributed by atoms with van der Waals surface area (Å²) in [4.78, 5) is 16.1. The maximum atomic E-state index is 11.6. The lowest BCUT2D eigenvalue weighted by molar-refractivity contribution is -0.130. The highest BCUT2D eigenvalue weighted by molar-refractivity contribution is 5.73. The van der Waals surface area contributed by atoms with Crippen molar-refractivity contribution < 1.29 is 4.79 Å². The molecule has 0 aromatic heterocycles. The number of piperidine rings is 2. The Kier molecular flexibility index (Phi) is 5.34. The molecule has 0 unspecified atom stereocenters. The SMILES string of the molecule is CC(=O)N1C[C@@H](C)C(=CN2CCC(C(C)C)CC2)[C@@H](C)C1. The Balaban J connectivity index is 1.97. The predicted octanol–water partition coefficient (Wildman–Crippen LogP) is 3.37. The zero-order chi connectivity index (χ0) is 15.6. The second kappa shape index (κ2) is 6.85. The van der Waals surface area contributed by atoms with E-state index in [4.69, 9.17) is 0 Å². The lowest BCUT2D eigenvalue weighted by Crippen LogP contribution is -2.43. The van der Waals surface area contributed by atoms with Crippen molar-refractivity contribution in [1.82, 2.24) is 9.80 Å². The van der Waals surface area contributed by atoms with Crippen molar-refractivity contribution in [2.75, 3.05) is 26.2 Å². The molecule has 0 spiro atoms. The van der Waals surface area contributed by atoms with E-state index in [9.17, 15) is 4.79 Å². The van der Waals surface area contributed by atoms with Gasteiger partial charge in [-0.2, -0.15) is 0 Å². The van der Waals surface area contributed by atoms with Crippen molar-refractivity contribution in [3.63, 3.8) is 0 Å². The molecule has 2 saturated heterocycles. The molecular weight excluding hydrogens is 260 g/mol. The highest BCUT2D eigenvalue weighted by atomic mass is 16.2. The Morgan fingerprint density at radius 1 is 1.14 bits per heavy atom. The Morgan fingerprint density at radius 3 is 2.10 bits per heavy atom. The summed E-state index contributed by atoms with van der Waals surface area (Å²) >= 11 is 0. The van der Waals surface area contributed by atoms with Crippen LogP contribution < -0.4 is 0 Å². The number of rotatable bonds is 2. The number of carbonyl (C=O) groups is 1. The zero-order valence-electron chi connectivity index (χ0n) is 14.4. The Morgan fingerprint density at radius 2 is 1.67 bits per heavy atom. The van der Waals surface area contributed by atoms with E-state index in [2.05, 4.69) is 38.8 Å². The molecule has 0 aromatic carbocycles. The Labute approximate surface area is 130 Å². The molecule has 21 heavy (non-hydrogen) atoms. The smallest absolute Gasteiger partial charge is 0.219 e. The molecule has 1 amide bonds. The van der Waals surface area contributed by atoms with Gasteiger partial charge in [-0.25, -0.2) is 0 Å². The summed E-state index contributed by atoms with van der Waals surface area (Å²) in [6, 6.07) is 0. The second-order valence-electron chi connectivity index (χ2n) is 7.47. The van der Waals surface area contributed by atoms with Crippen molar-refractivity contribution in [3.8, 4) is 0 Å². The summed E-state index contributed by atoms with van der Waals surface area (Å²) in [5.74, 6) is 2.90. The molecule has 3 heteroatoms. The van der Waals surface area contributed by atoms with Crippen LogP contribution in [-0.2, 0) is 4.79 Å². The molecule has 2 heterocycles. The fourth-order valence-corrected chi connectivity index (χ4v) is 3.87. The van der Waals surface area contributed by atoms with Gasteiger partial charge in [0.05, 0.1) is 0 Å². The molecule has 0 radical (unpaired) electrons. The van der Waals surface area contributed by atoms with E-state index in [1.54, 1.807) is 6.92 Å². The minimum Gasteiger partial charge on any atom is -0.377 e. The third-order valence-electron chi connectivity index (χ3n) is 5.42. The third-order valence-corrected chi connectivity index (χ3v) is 5.42. The van der Waals surface area contributed by atoms with Gasteiger partial charge >= 0.3 is 0 Å². The summed E-state index contributed by atoms with van der Waals surface area (Å²) in [5.41, 5.74) is 1.54. The van der Waals surface area contributed by atoms with Crippen molar-refractivity contribution >= 4 is 5.91 Å². The van der Waals surface area contributed by atoms with Gasteiger partial charge in [-0.15, -0.1) is 0 Å². The quantitative estimate of drug-likeness (QED) is 0.779. The van der Waals surface area contributed by atoms with Gasteiger partial charge in [0, 0.05) is 33.1 Å². The van der Waals surface area contributed by atoms with Crippen LogP contribution in [-0.4, -0.2) is 41.9 Å². The largest absolute Gasteiger partial charge is 0.377 e. The summed E-state index contributed by atoms with van der Waals surface area (Å²) in [6.45, 7) is 15.1. The number of hydrogen-bond donors (Lipinski definition) is 0.